The van der Waals surface area contributed by atoms with Crippen molar-refractivity contribution in [2.75, 3.05) is 11.9 Å². The molecule has 0 saturated carbocycles. The highest BCUT2D eigenvalue weighted by Crippen LogP contribution is 2.16. The van der Waals surface area contributed by atoms with Crippen molar-refractivity contribution in [2.45, 2.75) is 13.5 Å². The Morgan fingerprint density at radius 2 is 2.05 bits per heavy atom. The summed E-state index contributed by atoms with van der Waals surface area (Å²) in [5, 5.41) is 2.74. The molecular weight excluding hydrogens is 350 g/mol. The molecule has 0 saturated heterocycles. The van der Waals surface area contributed by atoms with E-state index in [-0.39, 0.29) is 29.4 Å². The van der Waals surface area contributed by atoms with Gasteiger partial charge in [-0.2, -0.15) is 0 Å². The van der Waals surface area contributed by atoms with Crippen LogP contribution in [0.25, 0.3) is 0 Å². The summed E-state index contributed by atoms with van der Waals surface area (Å²) in [4.78, 5) is 23.9. The van der Waals surface area contributed by atoms with Crippen LogP contribution in [0.1, 0.15) is 17.3 Å². The average Bonchev–Trinajstić information content (AvgIpc) is 2.84. The quantitative estimate of drug-likeness (QED) is 0.497. The Labute approximate surface area is 139 Å². The third-order valence-electron chi connectivity index (χ3n) is 2.85. The zero-order valence-electron chi connectivity index (χ0n) is 12.5. The molecule has 0 aliphatic heterocycles. The van der Waals surface area contributed by atoms with Gasteiger partial charge in [-0.15, -0.1) is 0 Å². The first-order chi connectivity index (χ1) is 10.1. The number of aromatic nitrogens is 2. The van der Waals surface area contributed by atoms with Crippen LogP contribution in [-0.2, 0) is 23.1 Å². The highest BCUT2D eigenvalue weighted by Gasteiger charge is 2.15. The number of benzene rings is 1. The number of esters is 1. The van der Waals surface area contributed by atoms with Gasteiger partial charge in [-0.05, 0) is 19.1 Å². The summed E-state index contributed by atoms with van der Waals surface area (Å²) in [5.41, 5.74) is 0.809. The van der Waals surface area contributed by atoms with Crippen molar-refractivity contribution in [3.05, 3.63) is 48.5 Å². The van der Waals surface area contributed by atoms with Crippen LogP contribution in [0.2, 0.25) is 0 Å². The van der Waals surface area contributed by atoms with E-state index < -0.39 is 5.97 Å². The first kappa shape index (κ1) is 17.9. The van der Waals surface area contributed by atoms with E-state index in [1.165, 1.54) is 0 Å². The summed E-state index contributed by atoms with van der Waals surface area (Å²) in [5.74, 6) is -0.649. The average molecular weight is 368 g/mol. The number of nitrogens with one attached hydrogen (secondary N) is 1. The van der Waals surface area contributed by atoms with Gasteiger partial charge in [0.25, 0.3) is 5.91 Å². The number of anilines is 1. The Kier molecular flexibility index (Phi) is 6.78. The number of rotatable bonds is 5. The SMILES string of the molecule is CCOC(=O)c1ccccc1NC(=O)Cn1cc[n+](C)c1.[Br-]. The molecule has 0 bridgehead atoms. The van der Waals surface area contributed by atoms with Crippen LogP contribution >= 0.6 is 0 Å². The van der Waals surface area contributed by atoms with Crippen LogP contribution in [0.15, 0.2) is 43.0 Å². The minimum atomic E-state index is -0.444. The fourth-order valence-electron chi connectivity index (χ4n) is 1.93. The zero-order valence-corrected chi connectivity index (χ0v) is 14.0. The lowest BCUT2D eigenvalue weighted by Crippen LogP contribution is -3.00. The predicted octanol–water partition coefficient (Wildman–Crippen LogP) is -1.87. The van der Waals surface area contributed by atoms with Gasteiger partial charge in [0.15, 0.2) is 6.54 Å². The van der Waals surface area contributed by atoms with E-state index in [2.05, 4.69) is 5.32 Å². The van der Waals surface area contributed by atoms with Gasteiger partial charge in [0.05, 0.1) is 24.9 Å². The summed E-state index contributed by atoms with van der Waals surface area (Å²) in [6.07, 6.45) is 5.45. The van der Waals surface area contributed by atoms with Crippen LogP contribution in [0.5, 0.6) is 0 Å². The molecule has 1 amide bonds. The van der Waals surface area contributed by atoms with E-state index in [0.29, 0.717) is 17.9 Å². The van der Waals surface area contributed by atoms with Crippen LogP contribution in [0, 0.1) is 0 Å². The molecular formula is C15H18BrN3O3. The van der Waals surface area contributed by atoms with E-state index in [1.54, 1.807) is 48.3 Å². The summed E-state index contributed by atoms with van der Waals surface area (Å²) in [6.45, 7) is 2.21. The molecule has 1 aromatic heterocycles. The van der Waals surface area contributed by atoms with Gasteiger partial charge in [0, 0.05) is 0 Å². The molecule has 0 aliphatic rings. The second-order valence-corrected chi connectivity index (χ2v) is 4.57. The molecule has 1 N–H and O–H groups in total. The van der Waals surface area contributed by atoms with Crippen molar-refractivity contribution in [3.63, 3.8) is 0 Å². The Morgan fingerprint density at radius 3 is 2.68 bits per heavy atom. The Bertz CT molecular complexity index is 655. The zero-order chi connectivity index (χ0) is 15.2. The molecule has 6 nitrogen and oxygen atoms in total. The second kappa shape index (κ2) is 8.33. The van der Waals surface area contributed by atoms with Gasteiger partial charge in [-0.25, -0.2) is 13.9 Å². The van der Waals surface area contributed by atoms with Crippen molar-refractivity contribution in [1.29, 1.82) is 0 Å². The number of hydrogen-bond donors (Lipinski definition) is 1. The van der Waals surface area contributed by atoms with Crippen LogP contribution in [-0.4, -0.2) is 23.1 Å². The number of aryl methyl sites for hydroxylation is 1. The molecule has 0 aliphatic carbocycles. The summed E-state index contributed by atoms with van der Waals surface area (Å²) in [7, 11) is 1.88. The van der Waals surface area contributed by atoms with E-state index in [9.17, 15) is 9.59 Å². The van der Waals surface area contributed by atoms with Gasteiger partial charge >= 0.3 is 5.97 Å². The second-order valence-electron chi connectivity index (χ2n) is 4.57. The molecule has 22 heavy (non-hydrogen) atoms. The predicted molar refractivity (Wildman–Crippen MR) is 76.6 cm³/mol. The smallest absolute Gasteiger partial charge is 0.340 e. The first-order valence-corrected chi connectivity index (χ1v) is 6.67. The third-order valence-corrected chi connectivity index (χ3v) is 2.85. The molecule has 2 aromatic rings. The van der Waals surface area contributed by atoms with Crippen molar-refractivity contribution in [3.8, 4) is 0 Å². The lowest BCUT2D eigenvalue weighted by Gasteiger charge is -2.09. The topological polar surface area (TPSA) is 64.2 Å². The number of imidazole rings is 1. The summed E-state index contributed by atoms with van der Waals surface area (Å²) in [6, 6.07) is 6.80. The molecule has 2 rings (SSSR count). The van der Waals surface area contributed by atoms with Crippen molar-refractivity contribution >= 4 is 17.6 Å². The Balaban J connectivity index is 0.00000242. The van der Waals surface area contributed by atoms with Crippen molar-refractivity contribution in [2.24, 2.45) is 7.05 Å². The molecule has 0 atom stereocenters. The van der Waals surface area contributed by atoms with E-state index in [1.807, 2.05) is 17.8 Å². The monoisotopic (exact) mass is 367 g/mol. The molecule has 0 unspecified atom stereocenters. The van der Waals surface area contributed by atoms with E-state index >= 15 is 0 Å². The molecule has 0 radical (unpaired) electrons. The lowest BCUT2D eigenvalue weighted by molar-refractivity contribution is -0.671. The standard InChI is InChI=1S/C15H17N3O3.BrH/c1-3-21-15(20)12-6-4-5-7-13(12)16-14(19)10-18-9-8-17(2)11-18;/h4-9,11H,3,10H2,1-2H3;1H. The normalized spacial score (nSPS) is 9.73. The fourth-order valence-corrected chi connectivity index (χ4v) is 1.93. The maximum absolute atomic E-state index is 12.0. The van der Waals surface area contributed by atoms with Crippen molar-refractivity contribution < 1.29 is 35.9 Å². The molecule has 0 spiro atoms. The van der Waals surface area contributed by atoms with E-state index in [4.69, 9.17) is 4.74 Å². The number of carbonyl (C=O) groups excluding carboxylic acids is 2. The summed E-state index contributed by atoms with van der Waals surface area (Å²) < 4.78 is 8.57. The van der Waals surface area contributed by atoms with Crippen LogP contribution < -0.4 is 26.9 Å². The van der Waals surface area contributed by atoms with Gasteiger partial charge in [-0.3, -0.25) is 4.79 Å². The van der Waals surface area contributed by atoms with E-state index in [0.717, 1.165) is 0 Å². The Hall–Kier alpha value is -2.15. The highest BCUT2D eigenvalue weighted by molar-refractivity contribution is 6.01. The van der Waals surface area contributed by atoms with Crippen LogP contribution in [0.4, 0.5) is 5.69 Å². The number of halogens is 1. The van der Waals surface area contributed by atoms with Gasteiger partial charge in [0.1, 0.15) is 12.4 Å². The number of hydrogen-bond acceptors (Lipinski definition) is 3. The number of amides is 1. The first-order valence-electron chi connectivity index (χ1n) is 6.67. The molecule has 7 heteroatoms. The minimum absolute atomic E-state index is 0. The van der Waals surface area contributed by atoms with Gasteiger partial charge < -0.3 is 27.0 Å². The largest absolute Gasteiger partial charge is 1.00 e. The van der Waals surface area contributed by atoms with Crippen LogP contribution in [0.3, 0.4) is 0 Å². The number of para-hydroxylation sites is 1. The number of carbonyl (C=O) groups is 2. The highest BCUT2D eigenvalue weighted by atomic mass is 79.9. The number of nitrogens with zero attached hydrogens (tertiary/aromatic N) is 2. The summed E-state index contributed by atoms with van der Waals surface area (Å²) >= 11 is 0. The van der Waals surface area contributed by atoms with Gasteiger partial charge in [0.2, 0.25) is 6.33 Å². The number of ether oxygens (including phenoxy) is 1. The maximum atomic E-state index is 12.0. The third kappa shape index (κ3) is 4.70. The Morgan fingerprint density at radius 1 is 1.32 bits per heavy atom. The fraction of sp³-hybridized carbons (Fsp3) is 0.267. The molecule has 0 fully saturated rings. The molecule has 1 heterocycles. The molecule has 118 valence electrons. The lowest BCUT2D eigenvalue weighted by atomic mass is 10.2. The minimum Gasteiger partial charge on any atom is -1.00 e. The van der Waals surface area contributed by atoms with Crippen molar-refractivity contribution in [1.82, 2.24) is 4.57 Å². The molecule has 1 aromatic carbocycles. The van der Waals surface area contributed by atoms with Gasteiger partial charge in [-0.1, -0.05) is 12.1 Å². The maximum Gasteiger partial charge on any atom is 0.340 e.